The highest BCUT2D eigenvalue weighted by atomic mass is 16.5. The number of nitrogens with two attached hydrogens (primary N) is 1. The lowest BCUT2D eigenvalue weighted by Crippen LogP contribution is -2.52. The summed E-state index contributed by atoms with van der Waals surface area (Å²) in [4.78, 5) is 2.68. The molecule has 3 unspecified atom stereocenters. The number of ether oxygens (including phenoxy) is 1. The summed E-state index contributed by atoms with van der Waals surface area (Å²) in [5, 5.41) is 0. The maximum atomic E-state index is 5.89. The second kappa shape index (κ2) is 6.72. The molecule has 2 rings (SSSR count). The molecule has 0 radical (unpaired) electrons. The first-order chi connectivity index (χ1) is 8.27. The first kappa shape index (κ1) is 13.3. The highest BCUT2D eigenvalue weighted by Gasteiger charge is 2.33. The van der Waals surface area contributed by atoms with Crippen molar-refractivity contribution in [3.8, 4) is 0 Å². The van der Waals surface area contributed by atoms with E-state index >= 15 is 0 Å². The van der Waals surface area contributed by atoms with E-state index in [2.05, 4.69) is 11.8 Å². The Morgan fingerprint density at radius 3 is 2.94 bits per heavy atom. The molecule has 3 nitrogen and oxygen atoms in total. The molecule has 1 saturated carbocycles. The molecule has 0 spiro atoms. The lowest BCUT2D eigenvalue weighted by molar-refractivity contribution is -0.0882. The zero-order valence-electron chi connectivity index (χ0n) is 11.2. The van der Waals surface area contributed by atoms with Crippen LogP contribution in [0.4, 0.5) is 0 Å². The highest BCUT2D eigenvalue weighted by Crippen LogP contribution is 2.28. The van der Waals surface area contributed by atoms with Crippen LogP contribution in [0.2, 0.25) is 0 Å². The molecule has 2 fully saturated rings. The van der Waals surface area contributed by atoms with Crippen LogP contribution < -0.4 is 5.73 Å². The molecule has 1 aliphatic carbocycles. The van der Waals surface area contributed by atoms with Gasteiger partial charge in [-0.05, 0) is 39.2 Å². The molecule has 0 aromatic carbocycles. The van der Waals surface area contributed by atoms with Gasteiger partial charge in [-0.2, -0.15) is 0 Å². The van der Waals surface area contributed by atoms with Crippen LogP contribution in [-0.2, 0) is 4.74 Å². The average Bonchev–Trinajstić information content (AvgIpc) is 2.34. The van der Waals surface area contributed by atoms with Crippen LogP contribution in [0.15, 0.2) is 0 Å². The Bertz CT molecular complexity index is 218. The monoisotopic (exact) mass is 240 g/mol. The zero-order valence-corrected chi connectivity index (χ0v) is 11.2. The van der Waals surface area contributed by atoms with Gasteiger partial charge in [0.1, 0.15) is 0 Å². The fourth-order valence-electron chi connectivity index (χ4n) is 3.24. The normalized spacial score (nSPS) is 32.1. The summed E-state index contributed by atoms with van der Waals surface area (Å²) in [5.41, 5.74) is 5.78. The van der Waals surface area contributed by atoms with Gasteiger partial charge in [0, 0.05) is 18.6 Å². The van der Waals surface area contributed by atoms with Gasteiger partial charge in [0.25, 0.3) is 0 Å². The fraction of sp³-hybridized carbons (Fsp3) is 1.00. The quantitative estimate of drug-likeness (QED) is 0.748. The van der Waals surface area contributed by atoms with Gasteiger partial charge in [-0.3, -0.25) is 4.90 Å². The van der Waals surface area contributed by atoms with Crippen molar-refractivity contribution in [3.63, 3.8) is 0 Å². The Hall–Kier alpha value is -0.120. The van der Waals surface area contributed by atoms with Crippen molar-refractivity contribution in [2.75, 3.05) is 19.7 Å². The number of morpholine rings is 1. The van der Waals surface area contributed by atoms with Crippen LogP contribution in [-0.4, -0.2) is 42.8 Å². The van der Waals surface area contributed by atoms with Gasteiger partial charge in [-0.15, -0.1) is 0 Å². The summed E-state index contributed by atoms with van der Waals surface area (Å²) >= 11 is 0. The van der Waals surface area contributed by atoms with Crippen molar-refractivity contribution < 1.29 is 4.74 Å². The number of hydrogen-bond acceptors (Lipinski definition) is 3. The second-order valence-electron chi connectivity index (χ2n) is 5.77. The molecule has 17 heavy (non-hydrogen) atoms. The van der Waals surface area contributed by atoms with E-state index in [0.29, 0.717) is 18.2 Å². The molecule has 1 heterocycles. The minimum absolute atomic E-state index is 0.363. The average molecular weight is 240 g/mol. The van der Waals surface area contributed by atoms with E-state index in [0.717, 1.165) is 13.2 Å². The predicted octanol–water partition coefficient (Wildman–Crippen LogP) is 2.15. The third-order valence-electron chi connectivity index (χ3n) is 4.20. The lowest BCUT2D eigenvalue weighted by atomic mass is 9.90. The zero-order chi connectivity index (χ0) is 12.1. The molecular weight excluding hydrogens is 212 g/mol. The molecular formula is C14H28N2O. The van der Waals surface area contributed by atoms with Crippen LogP contribution >= 0.6 is 0 Å². The third-order valence-corrected chi connectivity index (χ3v) is 4.20. The van der Waals surface area contributed by atoms with Gasteiger partial charge < -0.3 is 10.5 Å². The molecule has 3 atom stereocenters. The number of hydrogen-bond donors (Lipinski definition) is 1. The minimum Gasteiger partial charge on any atom is -0.375 e. The van der Waals surface area contributed by atoms with Gasteiger partial charge in [0.2, 0.25) is 0 Å². The smallest absolute Gasteiger partial charge is 0.0730 e. The molecule has 2 N–H and O–H groups in total. The largest absolute Gasteiger partial charge is 0.375 e. The van der Waals surface area contributed by atoms with Gasteiger partial charge in [0.15, 0.2) is 0 Å². The van der Waals surface area contributed by atoms with Crippen molar-refractivity contribution in [1.29, 1.82) is 0 Å². The maximum Gasteiger partial charge on any atom is 0.0730 e. The summed E-state index contributed by atoms with van der Waals surface area (Å²) in [6.45, 7) is 5.43. The molecule has 0 bridgehead atoms. The van der Waals surface area contributed by atoms with Crippen molar-refractivity contribution in [1.82, 2.24) is 4.90 Å². The lowest BCUT2D eigenvalue weighted by Gasteiger charge is -2.44. The molecule has 0 aromatic rings. The van der Waals surface area contributed by atoms with Crippen LogP contribution in [0.1, 0.15) is 51.9 Å². The second-order valence-corrected chi connectivity index (χ2v) is 5.77. The van der Waals surface area contributed by atoms with E-state index in [-0.39, 0.29) is 0 Å². The topological polar surface area (TPSA) is 38.5 Å². The molecule has 3 heteroatoms. The first-order valence-corrected chi connectivity index (χ1v) is 7.38. The summed E-state index contributed by atoms with van der Waals surface area (Å²) < 4.78 is 5.89. The Kier molecular flexibility index (Phi) is 5.26. The van der Waals surface area contributed by atoms with Crippen LogP contribution in [0.5, 0.6) is 0 Å². The number of unbranched alkanes of at least 4 members (excludes halogenated alkanes) is 1. The van der Waals surface area contributed by atoms with Crippen LogP contribution in [0.3, 0.4) is 0 Å². The van der Waals surface area contributed by atoms with E-state index in [1.165, 1.54) is 51.5 Å². The van der Waals surface area contributed by atoms with Crippen molar-refractivity contribution in [3.05, 3.63) is 0 Å². The summed E-state index contributed by atoms with van der Waals surface area (Å²) in [6, 6.07) is 1.08. The molecule has 1 aliphatic heterocycles. The maximum absolute atomic E-state index is 5.89. The van der Waals surface area contributed by atoms with Gasteiger partial charge >= 0.3 is 0 Å². The predicted molar refractivity (Wildman–Crippen MR) is 71.1 cm³/mol. The standard InChI is InChI=1S/C14H28N2O/c1-12(15)6-4-5-9-16-10-11-17-14-8-3-2-7-13(14)16/h12-14H,2-11,15H2,1H3. The molecule has 0 aromatic heterocycles. The van der Waals surface area contributed by atoms with E-state index < -0.39 is 0 Å². The minimum atomic E-state index is 0.363. The van der Waals surface area contributed by atoms with Crippen molar-refractivity contribution >= 4 is 0 Å². The van der Waals surface area contributed by atoms with Crippen LogP contribution in [0, 0.1) is 0 Å². The Morgan fingerprint density at radius 1 is 1.29 bits per heavy atom. The third kappa shape index (κ3) is 3.94. The Balaban J connectivity index is 1.71. The van der Waals surface area contributed by atoms with E-state index in [4.69, 9.17) is 10.5 Å². The van der Waals surface area contributed by atoms with Gasteiger partial charge in [-0.1, -0.05) is 19.3 Å². The fourth-order valence-corrected chi connectivity index (χ4v) is 3.24. The summed E-state index contributed by atoms with van der Waals surface area (Å²) in [5.74, 6) is 0. The number of rotatable bonds is 5. The molecule has 1 saturated heterocycles. The highest BCUT2D eigenvalue weighted by molar-refractivity contribution is 4.87. The molecule has 100 valence electrons. The SMILES string of the molecule is CC(N)CCCCN1CCOC2CCCCC21. The summed E-state index contributed by atoms with van der Waals surface area (Å²) in [7, 11) is 0. The van der Waals surface area contributed by atoms with Gasteiger partial charge in [-0.25, -0.2) is 0 Å². The van der Waals surface area contributed by atoms with E-state index in [9.17, 15) is 0 Å². The van der Waals surface area contributed by atoms with Gasteiger partial charge in [0.05, 0.1) is 12.7 Å². The molecule has 2 aliphatic rings. The summed E-state index contributed by atoms with van der Waals surface area (Å²) in [6.07, 6.45) is 9.64. The van der Waals surface area contributed by atoms with Crippen LogP contribution in [0.25, 0.3) is 0 Å². The van der Waals surface area contributed by atoms with Crippen molar-refractivity contribution in [2.45, 2.75) is 70.1 Å². The van der Waals surface area contributed by atoms with E-state index in [1.807, 2.05) is 0 Å². The Morgan fingerprint density at radius 2 is 2.12 bits per heavy atom. The van der Waals surface area contributed by atoms with E-state index in [1.54, 1.807) is 0 Å². The Labute approximate surface area is 106 Å². The van der Waals surface area contributed by atoms with Crippen molar-refractivity contribution in [2.24, 2.45) is 5.73 Å². The number of fused-ring (bicyclic) bond motifs is 1. The number of nitrogens with zero attached hydrogens (tertiary/aromatic N) is 1. The first-order valence-electron chi connectivity index (χ1n) is 7.38. The molecule has 0 amide bonds.